The van der Waals surface area contributed by atoms with E-state index in [-0.39, 0.29) is 20.1 Å². The maximum absolute atomic E-state index is 10.5. The summed E-state index contributed by atoms with van der Waals surface area (Å²) in [6.07, 6.45) is 1.01. The highest BCUT2D eigenvalue weighted by atomic mass is 32.2. The maximum atomic E-state index is 10.5. The second-order valence-corrected chi connectivity index (χ2v) is 7.77. The molecule has 0 aliphatic carbocycles. The highest BCUT2D eigenvalue weighted by Gasteiger charge is 2.06. The molecular weight excluding hydrogens is 428 g/mol. The molecule has 0 atom stereocenters. The van der Waals surface area contributed by atoms with Gasteiger partial charge in [-0.3, -0.25) is 8.49 Å². The van der Waals surface area contributed by atoms with Crippen molar-refractivity contribution in [2.75, 3.05) is 23.3 Å². The van der Waals surface area contributed by atoms with Gasteiger partial charge in [0.25, 0.3) is 0 Å². The second kappa shape index (κ2) is 12.3. The van der Waals surface area contributed by atoms with Crippen LogP contribution in [0.3, 0.4) is 0 Å². The molecule has 3 rings (SSSR count). The van der Waals surface area contributed by atoms with E-state index >= 15 is 0 Å². The van der Waals surface area contributed by atoms with Crippen LogP contribution in [0, 0.1) is 0 Å². The number of aliphatic carboxylic acids is 1. The maximum Gasteiger partial charge on any atom is 0.331 e. The number of carbonyl (C=O) groups is 1. The van der Waals surface area contributed by atoms with E-state index in [9.17, 15) is 4.79 Å². The van der Waals surface area contributed by atoms with Gasteiger partial charge < -0.3 is 10.4 Å². The number of carboxylic acid groups (broad SMARTS) is 1. The van der Waals surface area contributed by atoms with Crippen molar-refractivity contribution in [3.8, 4) is 11.1 Å². The van der Waals surface area contributed by atoms with E-state index in [0.717, 1.165) is 36.6 Å². The van der Waals surface area contributed by atoms with Gasteiger partial charge in [-0.2, -0.15) is 13.5 Å². The summed E-state index contributed by atoms with van der Waals surface area (Å²) in [4.78, 5) is 10.5. The molecule has 5 nitrogen and oxygen atoms in total. The summed E-state index contributed by atoms with van der Waals surface area (Å²) in [6, 6.07) is 25.1. The second-order valence-electron chi connectivity index (χ2n) is 6.84. The van der Waals surface area contributed by atoms with E-state index in [2.05, 4.69) is 60.8 Å². The predicted octanol–water partition coefficient (Wildman–Crippen LogP) is 5.74. The van der Waals surface area contributed by atoms with E-state index in [4.69, 9.17) is 9.29 Å². The fourth-order valence-electron chi connectivity index (χ4n) is 3.15. The van der Waals surface area contributed by atoms with Crippen molar-refractivity contribution in [3.05, 3.63) is 83.9 Å². The van der Waals surface area contributed by atoms with Crippen molar-refractivity contribution >= 4 is 43.1 Å². The van der Waals surface area contributed by atoms with Crippen molar-refractivity contribution in [3.63, 3.8) is 0 Å². The Kier molecular flexibility index (Phi) is 9.78. The number of hydrogen-bond donors (Lipinski definition) is 2. The zero-order valence-electron chi connectivity index (χ0n) is 17.7. The van der Waals surface area contributed by atoms with Gasteiger partial charge in [0.1, 0.15) is 12.2 Å². The van der Waals surface area contributed by atoms with E-state index in [1.165, 1.54) is 22.3 Å². The van der Waals surface area contributed by atoms with Crippen LogP contribution in [0.2, 0.25) is 0 Å². The van der Waals surface area contributed by atoms with Gasteiger partial charge in [-0.1, -0.05) is 49.4 Å². The summed E-state index contributed by atoms with van der Waals surface area (Å²) in [5, 5.41) is 12.1. The Morgan fingerprint density at radius 3 is 2.52 bits per heavy atom. The average molecular weight is 457 g/mol. The van der Waals surface area contributed by atoms with Crippen molar-refractivity contribution in [2.24, 2.45) is 0 Å². The first-order valence-electron chi connectivity index (χ1n) is 9.83. The Balaban J connectivity index is 0.00000341. The molecule has 164 valence electrons. The fourth-order valence-corrected chi connectivity index (χ4v) is 3.67. The van der Waals surface area contributed by atoms with Gasteiger partial charge in [-0.25, -0.2) is 4.79 Å². The molecule has 0 amide bonds. The van der Waals surface area contributed by atoms with Crippen LogP contribution in [0.1, 0.15) is 18.1 Å². The van der Waals surface area contributed by atoms with Crippen LogP contribution in [0.15, 0.2) is 72.8 Å². The molecule has 0 fully saturated rings. The fraction of sp³-hybridized carbons (Fsp3) is 0.208. The van der Waals surface area contributed by atoms with Gasteiger partial charge in [0.2, 0.25) is 0 Å². The zero-order valence-corrected chi connectivity index (χ0v) is 19.5. The highest BCUT2D eigenvalue weighted by Crippen LogP contribution is 2.26. The van der Waals surface area contributed by atoms with E-state index in [0.29, 0.717) is 0 Å². The summed E-state index contributed by atoms with van der Waals surface area (Å²) < 4.78 is 6.82. The summed E-state index contributed by atoms with van der Waals surface area (Å²) in [5.74, 6) is -0.988. The van der Waals surface area contributed by atoms with Crippen LogP contribution < -0.4 is 9.62 Å². The summed E-state index contributed by atoms with van der Waals surface area (Å²) in [6.45, 7) is 2.58. The quantitative estimate of drug-likeness (QED) is 0.300. The van der Waals surface area contributed by atoms with Crippen LogP contribution in [-0.2, 0) is 21.9 Å². The number of rotatable bonds is 10. The minimum absolute atomic E-state index is 0. The molecular formula is C24H28N2O3S2. The molecule has 0 saturated heterocycles. The SMILES string of the molecule is CCc1ccccc1-c1cccc(CNc2ccc(N(C)SOCC(=O)O)cc2)c1.S. The van der Waals surface area contributed by atoms with Crippen molar-refractivity contribution in [2.45, 2.75) is 19.9 Å². The Morgan fingerprint density at radius 1 is 1.06 bits per heavy atom. The Hall–Kier alpha value is -2.61. The van der Waals surface area contributed by atoms with Crippen LogP contribution in [-0.4, -0.2) is 24.7 Å². The van der Waals surface area contributed by atoms with Crippen molar-refractivity contribution in [1.29, 1.82) is 0 Å². The molecule has 0 aliphatic heterocycles. The van der Waals surface area contributed by atoms with E-state index in [1.54, 1.807) is 4.31 Å². The van der Waals surface area contributed by atoms with Crippen LogP contribution in [0.4, 0.5) is 11.4 Å². The molecule has 0 radical (unpaired) electrons. The largest absolute Gasteiger partial charge is 0.479 e. The average Bonchev–Trinajstić information content (AvgIpc) is 2.78. The number of benzene rings is 3. The smallest absolute Gasteiger partial charge is 0.331 e. The predicted molar refractivity (Wildman–Crippen MR) is 135 cm³/mol. The molecule has 7 heteroatoms. The molecule has 2 N–H and O–H groups in total. The van der Waals surface area contributed by atoms with Gasteiger partial charge in [0.15, 0.2) is 6.61 Å². The van der Waals surface area contributed by atoms with Gasteiger partial charge in [-0.05, 0) is 59.0 Å². The lowest BCUT2D eigenvalue weighted by molar-refractivity contribution is -0.138. The number of nitrogens with zero attached hydrogens (tertiary/aromatic N) is 1. The number of anilines is 2. The van der Waals surface area contributed by atoms with Gasteiger partial charge >= 0.3 is 5.97 Å². The molecule has 3 aromatic carbocycles. The molecule has 0 saturated carbocycles. The first kappa shape index (κ1) is 24.7. The number of carboxylic acids is 1. The third-order valence-corrected chi connectivity index (χ3v) is 5.37. The molecule has 0 bridgehead atoms. The van der Waals surface area contributed by atoms with Crippen LogP contribution >= 0.6 is 25.7 Å². The van der Waals surface area contributed by atoms with Gasteiger partial charge in [0.05, 0.1) is 0 Å². The molecule has 0 aromatic heterocycles. The normalized spacial score (nSPS) is 10.3. The first-order chi connectivity index (χ1) is 14.6. The lowest BCUT2D eigenvalue weighted by Gasteiger charge is -2.17. The Morgan fingerprint density at radius 2 is 1.81 bits per heavy atom. The third-order valence-electron chi connectivity index (χ3n) is 4.71. The molecule has 0 heterocycles. The summed E-state index contributed by atoms with van der Waals surface area (Å²) >= 11 is 1.01. The highest BCUT2D eigenvalue weighted by molar-refractivity contribution is 7.96. The standard InChI is InChI=1S/C24H26N2O3S.H2S/c1-3-19-8-4-5-10-23(19)20-9-6-7-18(15-20)16-25-21-11-13-22(14-12-21)26(2)30-29-17-24(27)28;/h4-15,25H,3,16-17H2,1-2H3,(H,27,28);1H2. The molecule has 0 unspecified atom stereocenters. The summed E-state index contributed by atoms with van der Waals surface area (Å²) in [7, 11) is 1.83. The van der Waals surface area contributed by atoms with Gasteiger partial charge in [0, 0.05) is 25.0 Å². The number of aryl methyl sites for hydroxylation is 1. The first-order valence-corrected chi connectivity index (χ1v) is 10.5. The lowest BCUT2D eigenvalue weighted by atomic mass is 9.97. The van der Waals surface area contributed by atoms with Crippen molar-refractivity contribution < 1.29 is 14.1 Å². The van der Waals surface area contributed by atoms with Crippen molar-refractivity contribution in [1.82, 2.24) is 0 Å². The van der Waals surface area contributed by atoms with Gasteiger partial charge in [-0.15, -0.1) is 0 Å². The molecule has 0 spiro atoms. The zero-order chi connectivity index (χ0) is 21.3. The minimum Gasteiger partial charge on any atom is -0.479 e. The lowest BCUT2D eigenvalue weighted by Crippen LogP contribution is -2.11. The molecule has 3 aromatic rings. The Labute approximate surface area is 195 Å². The third kappa shape index (κ3) is 7.24. The van der Waals surface area contributed by atoms with Crippen LogP contribution in [0.25, 0.3) is 11.1 Å². The van der Waals surface area contributed by atoms with E-state index in [1.807, 2.05) is 31.3 Å². The summed E-state index contributed by atoms with van der Waals surface area (Å²) in [5.41, 5.74) is 7.04. The minimum atomic E-state index is -0.988. The number of nitrogens with one attached hydrogen (secondary N) is 1. The molecule has 0 aliphatic rings. The Bertz CT molecular complexity index is 981. The molecule has 31 heavy (non-hydrogen) atoms. The van der Waals surface area contributed by atoms with Crippen LogP contribution in [0.5, 0.6) is 0 Å². The number of hydrogen-bond acceptors (Lipinski definition) is 5. The monoisotopic (exact) mass is 456 g/mol. The topological polar surface area (TPSA) is 61.8 Å². The van der Waals surface area contributed by atoms with E-state index < -0.39 is 5.97 Å².